The van der Waals surface area contributed by atoms with E-state index >= 15 is 0 Å². The van der Waals surface area contributed by atoms with Crippen LogP contribution in [0, 0.1) is 0 Å². The van der Waals surface area contributed by atoms with Gasteiger partial charge >= 0.3 is 6.18 Å². The zero-order chi connectivity index (χ0) is 13.6. The van der Waals surface area contributed by atoms with Crippen LogP contribution in [0.3, 0.4) is 0 Å². The molecule has 1 heterocycles. The van der Waals surface area contributed by atoms with Crippen molar-refractivity contribution in [1.29, 1.82) is 0 Å². The molecule has 6 heteroatoms. The Labute approximate surface area is 107 Å². The van der Waals surface area contributed by atoms with Crippen LogP contribution in [0.5, 0.6) is 0 Å². The molecule has 0 saturated carbocycles. The molecule has 0 spiro atoms. The van der Waals surface area contributed by atoms with Crippen molar-refractivity contribution in [3.63, 3.8) is 0 Å². The van der Waals surface area contributed by atoms with Gasteiger partial charge in [-0.05, 0) is 19.8 Å². The van der Waals surface area contributed by atoms with Gasteiger partial charge in [0.1, 0.15) is 6.61 Å². The van der Waals surface area contributed by atoms with Gasteiger partial charge in [-0.2, -0.15) is 13.2 Å². The molecule has 1 aliphatic rings. The van der Waals surface area contributed by atoms with Crippen molar-refractivity contribution < 1.29 is 17.9 Å². The first-order valence-electron chi connectivity index (χ1n) is 6.54. The second-order valence-corrected chi connectivity index (χ2v) is 4.89. The Morgan fingerprint density at radius 2 is 2.11 bits per heavy atom. The lowest BCUT2D eigenvalue weighted by Crippen LogP contribution is -2.55. The third kappa shape index (κ3) is 6.02. The fraction of sp³-hybridized carbons (Fsp3) is 1.00. The Bertz CT molecular complexity index is 236. The molecule has 2 atom stereocenters. The smallest absolute Gasteiger partial charge is 0.372 e. The first-order valence-corrected chi connectivity index (χ1v) is 6.54. The van der Waals surface area contributed by atoms with Crippen LogP contribution in [-0.2, 0) is 4.74 Å². The van der Waals surface area contributed by atoms with Gasteiger partial charge in [-0.25, -0.2) is 0 Å². The number of piperazine rings is 1. The molecule has 108 valence electrons. The Hall–Kier alpha value is -0.330. The summed E-state index contributed by atoms with van der Waals surface area (Å²) in [5, 5.41) is 3.41. The molecule has 3 nitrogen and oxygen atoms in total. The molecule has 2 unspecified atom stereocenters. The van der Waals surface area contributed by atoms with E-state index in [1.54, 1.807) is 0 Å². The lowest BCUT2D eigenvalue weighted by molar-refractivity contribution is -0.174. The van der Waals surface area contributed by atoms with Crippen molar-refractivity contribution in [3.8, 4) is 0 Å². The van der Waals surface area contributed by atoms with E-state index in [9.17, 15) is 13.2 Å². The third-order valence-electron chi connectivity index (χ3n) is 3.20. The molecule has 1 saturated heterocycles. The van der Waals surface area contributed by atoms with Crippen LogP contribution in [0.1, 0.15) is 26.7 Å². The van der Waals surface area contributed by atoms with Crippen LogP contribution in [0.4, 0.5) is 13.2 Å². The summed E-state index contributed by atoms with van der Waals surface area (Å²) < 4.78 is 40.2. The van der Waals surface area contributed by atoms with Gasteiger partial charge in [0, 0.05) is 38.3 Å². The van der Waals surface area contributed by atoms with Gasteiger partial charge in [-0.1, -0.05) is 6.92 Å². The lowest BCUT2D eigenvalue weighted by atomic mass is 10.1. The SMILES string of the molecule is CCC1CNC(C)CN1CCCOCC(F)(F)F. The van der Waals surface area contributed by atoms with Gasteiger partial charge in [-0.3, -0.25) is 4.90 Å². The Morgan fingerprint density at radius 1 is 1.39 bits per heavy atom. The molecule has 0 amide bonds. The van der Waals surface area contributed by atoms with E-state index in [4.69, 9.17) is 0 Å². The maximum Gasteiger partial charge on any atom is 0.411 e. The summed E-state index contributed by atoms with van der Waals surface area (Å²) in [6, 6.07) is 0.938. The summed E-state index contributed by atoms with van der Waals surface area (Å²) in [5.41, 5.74) is 0. The number of ether oxygens (including phenoxy) is 1. The van der Waals surface area contributed by atoms with Gasteiger partial charge in [0.15, 0.2) is 0 Å². The van der Waals surface area contributed by atoms with E-state index in [2.05, 4.69) is 28.8 Å². The van der Waals surface area contributed by atoms with Gasteiger partial charge in [0.2, 0.25) is 0 Å². The van der Waals surface area contributed by atoms with Gasteiger partial charge in [0.25, 0.3) is 0 Å². The minimum atomic E-state index is -4.21. The highest BCUT2D eigenvalue weighted by Gasteiger charge is 2.27. The lowest BCUT2D eigenvalue weighted by Gasteiger charge is -2.39. The van der Waals surface area contributed by atoms with Crippen molar-refractivity contribution in [3.05, 3.63) is 0 Å². The molecule has 0 aromatic carbocycles. The third-order valence-corrected chi connectivity index (χ3v) is 3.20. The first kappa shape index (κ1) is 15.7. The molecule has 1 rings (SSSR count). The molecule has 0 radical (unpaired) electrons. The van der Waals surface area contributed by atoms with E-state index in [1.807, 2.05) is 0 Å². The van der Waals surface area contributed by atoms with Gasteiger partial charge in [-0.15, -0.1) is 0 Å². The van der Waals surface area contributed by atoms with Gasteiger partial charge in [0.05, 0.1) is 0 Å². The average molecular weight is 268 g/mol. The molecule has 0 aliphatic carbocycles. The number of hydrogen-bond donors (Lipinski definition) is 1. The van der Waals surface area contributed by atoms with E-state index in [0.29, 0.717) is 18.5 Å². The Kier molecular flexibility index (Phi) is 6.38. The largest absolute Gasteiger partial charge is 0.411 e. The maximum atomic E-state index is 11.9. The van der Waals surface area contributed by atoms with Crippen molar-refractivity contribution in [2.24, 2.45) is 0 Å². The van der Waals surface area contributed by atoms with Crippen molar-refractivity contribution in [1.82, 2.24) is 10.2 Å². The number of halogens is 3. The summed E-state index contributed by atoms with van der Waals surface area (Å²) in [7, 11) is 0. The number of hydrogen-bond acceptors (Lipinski definition) is 3. The number of rotatable bonds is 6. The van der Waals surface area contributed by atoms with E-state index < -0.39 is 12.8 Å². The second kappa shape index (κ2) is 7.31. The molecule has 1 aliphatic heterocycles. The standard InChI is InChI=1S/C12H23F3N2O/c1-3-11-7-16-10(2)8-17(11)5-4-6-18-9-12(13,14)15/h10-11,16H,3-9H2,1-2H3. The summed E-state index contributed by atoms with van der Waals surface area (Å²) in [5.74, 6) is 0. The Balaban J connectivity index is 2.16. The van der Waals surface area contributed by atoms with Crippen LogP contribution in [0.2, 0.25) is 0 Å². The normalized spacial score (nSPS) is 26.5. The van der Waals surface area contributed by atoms with Gasteiger partial charge < -0.3 is 10.1 Å². The molecule has 0 aromatic rings. The minimum Gasteiger partial charge on any atom is -0.372 e. The van der Waals surface area contributed by atoms with Crippen molar-refractivity contribution >= 4 is 0 Å². The topological polar surface area (TPSA) is 24.5 Å². The van der Waals surface area contributed by atoms with Crippen LogP contribution < -0.4 is 5.32 Å². The minimum absolute atomic E-state index is 0.175. The first-order chi connectivity index (χ1) is 8.42. The molecule has 0 aromatic heterocycles. The highest BCUT2D eigenvalue weighted by atomic mass is 19.4. The molecule has 0 bridgehead atoms. The highest BCUT2D eigenvalue weighted by molar-refractivity contribution is 4.83. The Morgan fingerprint density at radius 3 is 2.72 bits per heavy atom. The summed E-state index contributed by atoms with van der Waals surface area (Å²) in [4.78, 5) is 2.35. The molecular weight excluding hydrogens is 245 g/mol. The fourth-order valence-electron chi connectivity index (χ4n) is 2.27. The molecule has 1 N–H and O–H groups in total. The van der Waals surface area contributed by atoms with E-state index in [-0.39, 0.29) is 6.61 Å². The summed E-state index contributed by atoms with van der Waals surface area (Å²) in [6.07, 6.45) is -2.50. The monoisotopic (exact) mass is 268 g/mol. The van der Waals surface area contributed by atoms with E-state index in [0.717, 1.165) is 26.1 Å². The second-order valence-electron chi connectivity index (χ2n) is 4.89. The van der Waals surface area contributed by atoms with Crippen LogP contribution in [-0.4, -0.2) is 56.0 Å². The molecular formula is C12H23F3N2O. The fourth-order valence-corrected chi connectivity index (χ4v) is 2.27. The number of nitrogens with zero attached hydrogens (tertiary/aromatic N) is 1. The van der Waals surface area contributed by atoms with E-state index in [1.165, 1.54) is 0 Å². The zero-order valence-electron chi connectivity index (χ0n) is 11.1. The van der Waals surface area contributed by atoms with Crippen LogP contribution >= 0.6 is 0 Å². The summed E-state index contributed by atoms with van der Waals surface area (Å²) >= 11 is 0. The predicted octanol–water partition coefficient (Wildman–Crippen LogP) is 2.03. The average Bonchev–Trinajstić information content (AvgIpc) is 2.27. The number of nitrogens with one attached hydrogen (secondary N) is 1. The molecule has 1 fully saturated rings. The maximum absolute atomic E-state index is 11.9. The number of alkyl halides is 3. The predicted molar refractivity (Wildman–Crippen MR) is 64.6 cm³/mol. The van der Waals surface area contributed by atoms with Crippen molar-refractivity contribution in [2.45, 2.75) is 44.9 Å². The quantitative estimate of drug-likeness (QED) is 0.746. The molecule has 18 heavy (non-hydrogen) atoms. The van der Waals surface area contributed by atoms with Crippen LogP contribution in [0.15, 0.2) is 0 Å². The highest BCUT2D eigenvalue weighted by Crippen LogP contribution is 2.15. The van der Waals surface area contributed by atoms with Crippen LogP contribution in [0.25, 0.3) is 0 Å². The zero-order valence-corrected chi connectivity index (χ0v) is 11.1. The van der Waals surface area contributed by atoms with Crippen molar-refractivity contribution in [2.75, 3.05) is 32.8 Å². The summed E-state index contributed by atoms with van der Waals surface area (Å²) in [6.45, 7) is 6.02.